The van der Waals surface area contributed by atoms with Gasteiger partial charge in [-0.3, -0.25) is 9.97 Å². The van der Waals surface area contributed by atoms with Gasteiger partial charge in [0, 0.05) is 41.3 Å². The van der Waals surface area contributed by atoms with E-state index >= 15 is 0 Å². The van der Waals surface area contributed by atoms with Gasteiger partial charge in [0.1, 0.15) is 5.01 Å². The third-order valence-electron chi connectivity index (χ3n) is 2.73. The Kier molecular flexibility index (Phi) is 2.86. The van der Waals surface area contributed by atoms with Crippen molar-refractivity contribution in [1.82, 2.24) is 15.0 Å². The summed E-state index contributed by atoms with van der Waals surface area (Å²) in [6.07, 6.45) is 7.26. The molecule has 0 amide bonds. The lowest BCUT2D eigenvalue weighted by atomic mass is 10.1. The highest BCUT2D eigenvalue weighted by Gasteiger charge is 2.08. The van der Waals surface area contributed by atoms with E-state index in [0.29, 0.717) is 0 Å². The number of thiazole rings is 1. The fraction of sp³-hybridized carbons (Fsp3) is 0.0714. The number of aryl methyl sites for hydroxylation is 1. The van der Waals surface area contributed by atoms with E-state index in [2.05, 4.69) is 27.3 Å². The molecule has 0 saturated heterocycles. The average Bonchev–Trinajstić information content (AvgIpc) is 2.90. The topological polar surface area (TPSA) is 38.7 Å². The van der Waals surface area contributed by atoms with Crippen molar-refractivity contribution < 1.29 is 0 Å². The van der Waals surface area contributed by atoms with E-state index in [4.69, 9.17) is 0 Å². The lowest BCUT2D eigenvalue weighted by Gasteiger charge is -2.00. The molecular weight excluding hydrogens is 242 g/mol. The van der Waals surface area contributed by atoms with E-state index in [1.807, 2.05) is 30.6 Å². The van der Waals surface area contributed by atoms with Crippen LogP contribution < -0.4 is 0 Å². The Bertz CT molecular complexity index is 662. The van der Waals surface area contributed by atoms with Crippen LogP contribution in [0, 0.1) is 6.92 Å². The maximum Gasteiger partial charge on any atom is 0.125 e. The van der Waals surface area contributed by atoms with E-state index in [1.165, 1.54) is 5.56 Å². The molecule has 0 radical (unpaired) electrons. The zero-order valence-corrected chi connectivity index (χ0v) is 10.7. The molecule has 4 heteroatoms. The second kappa shape index (κ2) is 4.66. The minimum absolute atomic E-state index is 0.976. The molecule has 0 fully saturated rings. The van der Waals surface area contributed by atoms with Gasteiger partial charge in [-0.05, 0) is 30.7 Å². The molecule has 18 heavy (non-hydrogen) atoms. The molecule has 3 rings (SSSR count). The Morgan fingerprint density at radius 2 is 1.94 bits per heavy atom. The summed E-state index contributed by atoms with van der Waals surface area (Å²) in [5, 5.41) is 3.05. The van der Waals surface area contributed by atoms with Gasteiger partial charge in [-0.15, -0.1) is 11.3 Å². The Balaban J connectivity index is 2.03. The lowest BCUT2D eigenvalue weighted by molar-refractivity contribution is 1.26. The van der Waals surface area contributed by atoms with Crippen molar-refractivity contribution in [3.63, 3.8) is 0 Å². The Morgan fingerprint density at radius 1 is 1.06 bits per heavy atom. The minimum atomic E-state index is 0.976. The van der Waals surface area contributed by atoms with Crippen molar-refractivity contribution >= 4 is 11.3 Å². The van der Waals surface area contributed by atoms with E-state index in [9.17, 15) is 0 Å². The summed E-state index contributed by atoms with van der Waals surface area (Å²) in [6.45, 7) is 2.07. The third-order valence-corrected chi connectivity index (χ3v) is 3.62. The van der Waals surface area contributed by atoms with Crippen molar-refractivity contribution in [3.8, 4) is 21.8 Å². The first-order valence-corrected chi connectivity index (χ1v) is 6.49. The van der Waals surface area contributed by atoms with Gasteiger partial charge in [-0.2, -0.15) is 0 Å². The molecule has 0 atom stereocenters. The van der Waals surface area contributed by atoms with Crippen LogP contribution >= 0.6 is 11.3 Å². The first kappa shape index (κ1) is 11.0. The summed E-state index contributed by atoms with van der Waals surface area (Å²) in [6, 6.07) is 5.94. The maximum absolute atomic E-state index is 4.65. The van der Waals surface area contributed by atoms with E-state index in [0.717, 1.165) is 21.8 Å². The van der Waals surface area contributed by atoms with Crippen LogP contribution in [0.2, 0.25) is 0 Å². The monoisotopic (exact) mass is 253 g/mol. The molecular formula is C14H11N3S. The van der Waals surface area contributed by atoms with Crippen LogP contribution in [-0.4, -0.2) is 15.0 Å². The number of nitrogens with zero attached hydrogens (tertiary/aromatic N) is 3. The first-order chi connectivity index (χ1) is 8.84. The summed E-state index contributed by atoms with van der Waals surface area (Å²) < 4.78 is 0. The lowest BCUT2D eigenvalue weighted by Crippen LogP contribution is -1.85. The molecule has 0 aliphatic rings. The first-order valence-electron chi connectivity index (χ1n) is 5.61. The Labute approximate surface area is 109 Å². The molecule has 0 bridgehead atoms. The summed E-state index contributed by atoms with van der Waals surface area (Å²) in [5.41, 5.74) is 4.30. The SMILES string of the molecule is Cc1ccncc1-c1csc(-c2cccnc2)n1. The van der Waals surface area contributed by atoms with E-state index in [1.54, 1.807) is 23.7 Å². The molecule has 0 aromatic carbocycles. The molecule has 0 saturated carbocycles. The number of aromatic nitrogens is 3. The van der Waals surface area contributed by atoms with Crippen molar-refractivity contribution in [2.24, 2.45) is 0 Å². The zero-order chi connectivity index (χ0) is 12.4. The molecule has 88 valence electrons. The summed E-state index contributed by atoms with van der Waals surface area (Å²) in [4.78, 5) is 12.9. The van der Waals surface area contributed by atoms with Crippen LogP contribution in [0.25, 0.3) is 21.8 Å². The largest absolute Gasteiger partial charge is 0.264 e. The van der Waals surface area contributed by atoms with E-state index in [-0.39, 0.29) is 0 Å². The van der Waals surface area contributed by atoms with Crippen LogP contribution in [0.15, 0.2) is 48.4 Å². The molecule has 3 aromatic heterocycles. The second-order valence-corrected chi connectivity index (χ2v) is 4.83. The fourth-order valence-corrected chi connectivity index (χ4v) is 2.56. The molecule has 0 aliphatic heterocycles. The molecule has 3 aromatic rings. The zero-order valence-electron chi connectivity index (χ0n) is 9.87. The molecule has 0 spiro atoms. The molecule has 3 heterocycles. The summed E-state index contributed by atoms with van der Waals surface area (Å²) >= 11 is 1.63. The summed E-state index contributed by atoms with van der Waals surface area (Å²) in [5.74, 6) is 0. The number of pyridine rings is 2. The van der Waals surface area contributed by atoms with Crippen LogP contribution in [-0.2, 0) is 0 Å². The van der Waals surface area contributed by atoms with Gasteiger partial charge in [0.15, 0.2) is 0 Å². The van der Waals surface area contributed by atoms with Gasteiger partial charge in [0.2, 0.25) is 0 Å². The van der Waals surface area contributed by atoms with Crippen molar-refractivity contribution in [3.05, 3.63) is 53.9 Å². The quantitative estimate of drug-likeness (QED) is 0.700. The Morgan fingerprint density at radius 3 is 2.72 bits per heavy atom. The van der Waals surface area contributed by atoms with Gasteiger partial charge in [0.05, 0.1) is 5.69 Å². The Hall–Kier alpha value is -2.07. The standard InChI is InChI=1S/C14H11N3S/c1-10-4-6-16-8-12(10)13-9-18-14(17-13)11-3-2-5-15-7-11/h2-9H,1H3. The number of hydrogen-bond donors (Lipinski definition) is 0. The molecule has 0 unspecified atom stereocenters. The predicted molar refractivity (Wildman–Crippen MR) is 73.3 cm³/mol. The van der Waals surface area contributed by atoms with Gasteiger partial charge in [-0.1, -0.05) is 0 Å². The minimum Gasteiger partial charge on any atom is -0.264 e. The molecule has 0 N–H and O–H groups in total. The smallest absolute Gasteiger partial charge is 0.125 e. The van der Waals surface area contributed by atoms with Gasteiger partial charge < -0.3 is 0 Å². The average molecular weight is 253 g/mol. The third kappa shape index (κ3) is 2.02. The maximum atomic E-state index is 4.65. The van der Waals surface area contributed by atoms with Crippen LogP contribution in [0.1, 0.15) is 5.56 Å². The van der Waals surface area contributed by atoms with Crippen molar-refractivity contribution in [1.29, 1.82) is 0 Å². The van der Waals surface area contributed by atoms with Gasteiger partial charge >= 0.3 is 0 Å². The second-order valence-electron chi connectivity index (χ2n) is 3.97. The fourth-order valence-electron chi connectivity index (χ4n) is 1.75. The van der Waals surface area contributed by atoms with Crippen molar-refractivity contribution in [2.75, 3.05) is 0 Å². The van der Waals surface area contributed by atoms with Crippen LogP contribution in [0.3, 0.4) is 0 Å². The molecule has 0 aliphatic carbocycles. The van der Waals surface area contributed by atoms with E-state index < -0.39 is 0 Å². The highest BCUT2D eigenvalue weighted by atomic mass is 32.1. The van der Waals surface area contributed by atoms with Crippen LogP contribution in [0.5, 0.6) is 0 Å². The van der Waals surface area contributed by atoms with Crippen molar-refractivity contribution in [2.45, 2.75) is 6.92 Å². The molecule has 3 nitrogen and oxygen atoms in total. The predicted octanol–water partition coefficient (Wildman–Crippen LogP) is 3.58. The normalized spacial score (nSPS) is 10.5. The highest BCUT2D eigenvalue weighted by molar-refractivity contribution is 7.13. The van der Waals surface area contributed by atoms with Gasteiger partial charge in [-0.25, -0.2) is 4.98 Å². The van der Waals surface area contributed by atoms with Gasteiger partial charge in [0.25, 0.3) is 0 Å². The van der Waals surface area contributed by atoms with Crippen LogP contribution in [0.4, 0.5) is 0 Å². The number of rotatable bonds is 2. The highest BCUT2D eigenvalue weighted by Crippen LogP contribution is 2.29. The summed E-state index contributed by atoms with van der Waals surface area (Å²) in [7, 11) is 0. The number of hydrogen-bond acceptors (Lipinski definition) is 4.